The number of halogens is 2. The molecule has 1 aromatic heterocycles. The second kappa shape index (κ2) is 6.56. The maximum absolute atomic E-state index is 12.0. The fourth-order valence-corrected chi connectivity index (χ4v) is 1.96. The van der Waals surface area contributed by atoms with Crippen LogP contribution in [0.4, 0.5) is 5.69 Å². The SMILES string of the molecule is COC(=O)c1cc(NC(=O)c2cccc(Cl)n2)ccc1Cl. The smallest absolute Gasteiger partial charge is 0.339 e. The van der Waals surface area contributed by atoms with Crippen molar-refractivity contribution in [2.75, 3.05) is 12.4 Å². The van der Waals surface area contributed by atoms with Crippen LogP contribution in [0.2, 0.25) is 10.2 Å². The van der Waals surface area contributed by atoms with E-state index in [0.29, 0.717) is 5.69 Å². The van der Waals surface area contributed by atoms with E-state index < -0.39 is 11.9 Å². The number of carbonyl (C=O) groups excluding carboxylic acids is 2. The molecule has 0 fully saturated rings. The van der Waals surface area contributed by atoms with Crippen molar-refractivity contribution in [1.29, 1.82) is 0 Å². The summed E-state index contributed by atoms with van der Waals surface area (Å²) in [6, 6.07) is 9.20. The van der Waals surface area contributed by atoms with Crippen molar-refractivity contribution in [2.45, 2.75) is 0 Å². The van der Waals surface area contributed by atoms with Crippen LogP contribution in [0.25, 0.3) is 0 Å². The van der Waals surface area contributed by atoms with Gasteiger partial charge in [0.05, 0.1) is 17.7 Å². The molecule has 1 aromatic carbocycles. The number of ether oxygens (including phenoxy) is 1. The van der Waals surface area contributed by atoms with E-state index in [1.165, 1.54) is 25.3 Å². The minimum atomic E-state index is -0.586. The first kappa shape index (κ1) is 15.3. The maximum atomic E-state index is 12.0. The van der Waals surface area contributed by atoms with Gasteiger partial charge < -0.3 is 10.1 Å². The summed E-state index contributed by atoms with van der Waals surface area (Å²) in [5.74, 6) is -1.03. The van der Waals surface area contributed by atoms with Crippen molar-refractivity contribution in [2.24, 2.45) is 0 Å². The first-order valence-electron chi connectivity index (χ1n) is 5.83. The van der Waals surface area contributed by atoms with E-state index in [0.717, 1.165) is 0 Å². The molecule has 0 unspecified atom stereocenters. The molecule has 21 heavy (non-hydrogen) atoms. The number of benzene rings is 1. The summed E-state index contributed by atoms with van der Waals surface area (Å²) in [5.41, 5.74) is 0.722. The van der Waals surface area contributed by atoms with Crippen LogP contribution in [0.5, 0.6) is 0 Å². The third-order valence-electron chi connectivity index (χ3n) is 2.58. The third kappa shape index (κ3) is 3.71. The monoisotopic (exact) mass is 324 g/mol. The summed E-state index contributed by atoms with van der Waals surface area (Å²) in [7, 11) is 1.25. The minimum Gasteiger partial charge on any atom is -0.465 e. The van der Waals surface area contributed by atoms with E-state index in [-0.39, 0.29) is 21.4 Å². The van der Waals surface area contributed by atoms with Crippen molar-refractivity contribution < 1.29 is 14.3 Å². The second-order valence-electron chi connectivity index (χ2n) is 3.99. The third-order valence-corrected chi connectivity index (χ3v) is 3.12. The molecule has 2 rings (SSSR count). The van der Waals surface area contributed by atoms with Gasteiger partial charge in [0.2, 0.25) is 0 Å². The highest BCUT2D eigenvalue weighted by Gasteiger charge is 2.13. The zero-order chi connectivity index (χ0) is 15.4. The summed E-state index contributed by atoms with van der Waals surface area (Å²) in [6.45, 7) is 0. The van der Waals surface area contributed by atoms with Gasteiger partial charge in [-0.1, -0.05) is 29.3 Å². The van der Waals surface area contributed by atoms with Crippen LogP contribution in [0.15, 0.2) is 36.4 Å². The lowest BCUT2D eigenvalue weighted by Gasteiger charge is -2.08. The van der Waals surface area contributed by atoms with E-state index in [9.17, 15) is 9.59 Å². The van der Waals surface area contributed by atoms with Gasteiger partial charge in [-0.05, 0) is 30.3 Å². The lowest BCUT2D eigenvalue weighted by molar-refractivity contribution is 0.0600. The lowest BCUT2D eigenvalue weighted by Crippen LogP contribution is -2.14. The Balaban J connectivity index is 2.24. The van der Waals surface area contributed by atoms with Gasteiger partial charge in [0.15, 0.2) is 0 Å². The number of esters is 1. The van der Waals surface area contributed by atoms with Crippen LogP contribution in [-0.2, 0) is 4.74 Å². The Morgan fingerprint density at radius 3 is 2.62 bits per heavy atom. The summed E-state index contributed by atoms with van der Waals surface area (Å²) >= 11 is 11.6. The Labute approximate surface area is 130 Å². The summed E-state index contributed by atoms with van der Waals surface area (Å²) in [5, 5.41) is 3.06. The molecule has 0 aliphatic heterocycles. The molecule has 1 heterocycles. The number of nitrogens with one attached hydrogen (secondary N) is 1. The quantitative estimate of drug-likeness (QED) is 0.693. The summed E-state index contributed by atoms with van der Waals surface area (Å²) < 4.78 is 4.61. The molecule has 0 radical (unpaired) electrons. The zero-order valence-corrected chi connectivity index (χ0v) is 12.4. The first-order valence-corrected chi connectivity index (χ1v) is 6.58. The van der Waals surface area contributed by atoms with E-state index in [1.807, 2.05) is 0 Å². The lowest BCUT2D eigenvalue weighted by atomic mass is 10.2. The van der Waals surface area contributed by atoms with Gasteiger partial charge in [-0.2, -0.15) is 0 Å². The molecule has 2 aromatic rings. The molecule has 5 nitrogen and oxygen atoms in total. The molecular weight excluding hydrogens is 315 g/mol. The van der Waals surface area contributed by atoms with E-state index >= 15 is 0 Å². The average molecular weight is 325 g/mol. The number of methoxy groups -OCH3 is 1. The molecule has 108 valence electrons. The van der Waals surface area contributed by atoms with Crippen molar-refractivity contribution in [3.8, 4) is 0 Å². The largest absolute Gasteiger partial charge is 0.465 e. The van der Waals surface area contributed by atoms with Gasteiger partial charge >= 0.3 is 5.97 Å². The molecule has 1 amide bonds. The Morgan fingerprint density at radius 2 is 1.95 bits per heavy atom. The van der Waals surface area contributed by atoms with Crippen LogP contribution in [0.3, 0.4) is 0 Å². The highest BCUT2D eigenvalue weighted by Crippen LogP contribution is 2.21. The number of hydrogen-bond donors (Lipinski definition) is 1. The first-order chi connectivity index (χ1) is 10.0. The molecule has 1 N–H and O–H groups in total. The predicted molar refractivity (Wildman–Crippen MR) is 80.0 cm³/mol. The predicted octanol–water partition coefficient (Wildman–Crippen LogP) is 3.43. The number of nitrogens with zero attached hydrogens (tertiary/aromatic N) is 1. The fraction of sp³-hybridized carbons (Fsp3) is 0.0714. The van der Waals surface area contributed by atoms with Crippen LogP contribution in [0, 0.1) is 0 Å². The highest BCUT2D eigenvalue weighted by atomic mass is 35.5. The van der Waals surface area contributed by atoms with Gasteiger partial charge in [0.1, 0.15) is 10.8 Å². The van der Waals surface area contributed by atoms with Gasteiger partial charge in [-0.3, -0.25) is 4.79 Å². The fourth-order valence-electron chi connectivity index (χ4n) is 1.60. The Morgan fingerprint density at radius 1 is 1.19 bits per heavy atom. The van der Waals surface area contributed by atoms with Crippen molar-refractivity contribution in [3.05, 3.63) is 57.8 Å². The zero-order valence-electron chi connectivity index (χ0n) is 10.9. The molecule has 0 aliphatic rings. The summed E-state index contributed by atoms with van der Waals surface area (Å²) in [6.07, 6.45) is 0. The molecular formula is C14H10Cl2N2O3. The minimum absolute atomic E-state index is 0.163. The Kier molecular flexibility index (Phi) is 4.77. The molecule has 0 aliphatic carbocycles. The average Bonchev–Trinajstić information content (AvgIpc) is 2.48. The van der Waals surface area contributed by atoms with Crippen LogP contribution >= 0.6 is 23.2 Å². The van der Waals surface area contributed by atoms with Crippen molar-refractivity contribution in [3.63, 3.8) is 0 Å². The maximum Gasteiger partial charge on any atom is 0.339 e. The molecule has 7 heteroatoms. The molecule has 0 bridgehead atoms. The van der Waals surface area contributed by atoms with Crippen LogP contribution < -0.4 is 5.32 Å². The standard InChI is InChI=1S/C14H10Cl2N2O3/c1-21-14(20)9-7-8(5-6-10(9)15)17-13(19)11-3-2-4-12(16)18-11/h2-7H,1H3,(H,17,19). The number of hydrogen-bond acceptors (Lipinski definition) is 4. The van der Waals surface area contributed by atoms with Gasteiger partial charge in [-0.15, -0.1) is 0 Å². The van der Waals surface area contributed by atoms with Gasteiger partial charge in [-0.25, -0.2) is 9.78 Å². The number of rotatable bonds is 3. The van der Waals surface area contributed by atoms with Gasteiger partial charge in [0.25, 0.3) is 5.91 Å². The van der Waals surface area contributed by atoms with Crippen molar-refractivity contribution in [1.82, 2.24) is 4.98 Å². The normalized spacial score (nSPS) is 10.0. The Hall–Kier alpha value is -2.11. The Bertz CT molecular complexity index is 704. The number of amides is 1. The van der Waals surface area contributed by atoms with Crippen LogP contribution in [-0.4, -0.2) is 24.0 Å². The van der Waals surface area contributed by atoms with E-state index in [2.05, 4.69) is 15.0 Å². The topological polar surface area (TPSA) is 68.3 Å². The van der Waals surface area contributed by atoms with E-state index in [4.69, 9.17) is 23.2 Å². The molecule has 0 saturated heterocycles. The number of carbonyl (C=O) groups is 2. The number of aromatic nitrogens is 1. The van der Waals surface area contributed by atoms with Crippen molar-refractivity contribution >= 4 is 40.8 Å². The molecule has 0 spiro atoms. The molecule has 0 saturated carbocycles. The van der Waals surface area contributed by atoms with Crippen LogP contribution in [0.1, 0.15) is 20.8 Å². The molecule has 0 atom stereocenters. The number of pyridine rings is 1. The summed E-state index contributed by atoms with van der Waals surface area (Å²) in [4.78, 5) is 27.5. The van der Waals surface area contributed by atoms with E-state index in [1.54, 1.807) is 18.2 Å². The highest BCUT2D eigenvalue weighted by molar-refractivity contribution is 6.33. The van der Waals surface area contributed by atoms with Gasteiger partial charge in [0, 0.05) is 5.69 Å². The number of anilines is 1. The second-order valence-corrected chi connectivity index (χ2v) is 4.78.